The van der Waals surface area contributed by atoms with Crippen molar-refractivity contribution >= 4 is 5.78 Å². The van der Waals surface area contributed by atoms with Gasteiger partial charge in [0.25, 0.3) is 0 Å². The van der Waals surface area contributed by atoms with Crippen LogP contribution in [0.2, 0.25) is 0 Å². The Kier molecular flexibility index (Phi) is 2.55. The molecule has 0 spiro atoms. The van der Waals surface area contributed by atoms with Crippen molar-refractivity contribution in [1.29, 1.82) is 0 Å². The lowest BCUT2D eigenvalue weighted by atomic mass is 9.77. The average Bonchev–Trinajstić information content (AvgIpc) is 2.72. The number of Topliss-reactive ketones (excluding diaryl/α,β-unsaturated/α-hetero) is 1. The van der Waals surface area contributed by atoms with Gasteiger partial charge in [-0.1, -0.05) is 24.3 Å². The van der Waals surface area contributed by atoms with Gasteiger partial charge in [0.1, 0.15) is 5.78 Å². The van der Waals surface area contributed by atoms with Crippen LogP contribution in [0.4, 0.5) is 0 Å². The standard InChI is InChI=1S/C15H17O/c16-13-6-3-5-12(10-13)15-9-8-11-4-1-2-7-14(11)15/h1-2,4-5,7,12,15H,3,6,8-10H2. The molecule has 1 heteroatoms. The Hall–Kier alpha value is -1.11. The number of benzene rings is 1. The average molecular weight is 213 g/mol. The normalized spacial score (nSPS) is 29.1. The summed E-state index contributed by atoms with van der Waals surface area (Å²) in [5.41, 5.74) is 3.00. The fourth-order valence-corrected chi connectivity index (χ4v) is 3.25. The zero-order chi connectivity index (χ0) is 11.0. The molecule has 1 aromatic carbocycles. The first-order valence-corrected chi connectivity index (χ1v) is 6.27. The lowest BCUT2D eigenvalue weighted by molar-refractivity contribution is -0.120. The van der Waals surface area contributed by atoms with E-state index in [1.807, 2.05) is 0 Å². The van der Waals surface area contributed by atoms with Gasteiger partial charge in [-0.15, -0.1) is 0 Å². The molecule has 1 radical (unpaired) electrons. The molecule has 0 amide bonds. The lowest BCUT2D eigenvalue weighted by Gasteiger charge is -2.27. The Bertz CT molecular complexity index is 408. The molecule has 16 heavy (non-hydrogen) atoms. The monoisotopic (exact) mass is 213 g/mol. The van der Waals surface area contributed by atoms with Crippen molar-refractivity contribution in [1.82, 2.24) is 0 Å². The second-order valence-electron chi connectivity index (χ2n) is 5.03. The lowest BCUT2D eigenvalue weighted by Crippen LogP contribution is -2.20. The number of ketones is 1. The number of hydrogen-bond donors (Lipinski definition) is 0. The maximum absolute atomic E-state index is 11.5. The highest BCUT2D eigenvalue weighted by atomic mass is 16.1. The summed E-state index contributed by atoms with van der Waals surface area (Å²) in [6.07, 6.45) is 7.34. The summed E-state index contributed by atoms with van der Waals surface area (Å²) in [7, 11) is 0. The first-order chi connectivity index (χ1) is 7.84. The van der Waals surface area contributed by atoms with Crippen molar-refractivity contribution in [3.8, 4) is 0 Å². The largest absolute Gasteiger partial charge is 0.300 e. The van der Waals surface area contributed by atoms with Crippen LogP contribution < -0.4 is 0 Å². The van der Waals surface area contributed by atoms with Gasteiger partial charge < -0.3 is 0 Å². The molecule has 2 unspecified atom stereocenters. The van der Waals surface area contributed by atoms with Gasteiger partial charge >= 0.3 is 0 Å². The van der Waals surface area contributed by atoms with Gasteiger partial charge in [0, 0.05) is 12.8 Å². The molecule has 2 atom stereocenters. The Morgan fingerprint density at radius 2 is 2.00 bits per heavy atom. The first kappa shape index (κ1) is 10.1. The summed E-state index contributed by atoms with van der Waals surface area (Å²) >= 11 is 0. The number of carbonyl (C=O) groups excluding carboxylic acids is 1. The van der Waals surface area contributed by atoms with Crippen molar-refractivity contribution in [2.75, 3.05) is 0 Å². The molecule has 1 saturated carbocycles. The van der Waals surface area contributed by atoms with E-state index >= 15 is 0 Å². The third kappa shape index (κ3) is 1.68. The summed E-state index contributed by atoms with van der Waals surface area (Å²) in [5, 5.41) is 0. The topological polar surface area (TPSA) is 17.1 Å². The summed E-state index contributed by atoms with van der Waals surface area (Å²) in [6, 6.07) is 8.73. The molecule has 2 aliphatic carbocycles. The zero-order valence-electron chi connectivity index (χ0n) is 9.49. The predicted octanol–water partition coefficient (Wildman–Crippen LogP) is 3.29. The van der Waals surface area contributed by atoms with Crippen molar-refractivity contribution < 1.29 is 4.79 Å². The number of aryl methyl sites for hydroxylation is 1. The van der Waals surface area contributed by atoms with Crippen LogP contribution in [0.15, 0.2) is 24.3 Å². The molecule has 0 aromatic heterocycles. The van der Waals surface area contributed by atoms with Gasteiger partial charge in [0.15, 0.2) is 0 Å². The molecule has 1 aromatic rings. The first-order valence-electron chi connectivity index (χ1n) is 6.27. The van der Waals surface area contributed by atoms with E-state index < -0.39 is 0 Å². The van der Waals surface area contributed by atoms with E-state index in [9.17, 15) is 4.79 Å². The third-order valence-corrected chi connectivity index (χ3v) is 4.05. The Morgan fingerprint density at radius 3 is 2.88 bits per heavy atom. The SMILES string of the molecule is O=C1CC[CH]C(C2CCc3ccccc32)C1. The van der Waals surface area contributed by atoms with Gasteiger partial charge in [-0.25, -0.2) is 0 Å². The third-order valence-electron chi connectivity index (χ3n) is 4.05. The van der Waals surface area contributed by atoms with Gasteiger partial charge in [0.2, 0.25) is 0 Å². The molecular weight excluding hydrogens is 196 g/mol. The molecule has 0 aliphatic heterocycles. The van der Waals surface area contributed by atoms with E-state index in [1.165, 1.54) is 24.0 Å². The van der Waals surface area contributed by atoms with E-state index in [-0.39, 0.29) is 0 Å². The fraction of sp³-hybridized carbons (Fsp3) is 0.467. The molecule has 83 valence electrons. The smallest absolute Gasteiger partial charge is 0.133 e. The van der Waals surface area contributed by atoms with E-state index in [4.69, 9.17) is 0 Å². The highest BCUT2D eigenvalue weighted by molar-refractivity contribution is 5.80. The van der Waals surface area contributed by atoms with Crippen LogP contribution in [-0.2, 0) is 11.2 Å². The number of carbonyl (C=O) groups is 1. The Labute approximate surface area is 96.9 Å². The number of rotatable bonds is 1. The minimum absolute atomic E-state index is 0.455. The Morgan fingerprint density at radius 1 is 1.12 bits per heavy atom. The molecule has 1 nitrogen and oxygen atoms in total. The second-order valence-corrected chi connectivity index (χ2v) is 5.03. The highest BCUT2D eigenvalue weighted by Gasteiger charge is 2.32. The fourth-order valence-electron chi connectivity index (χ4n) is 3.25. The molecule has 0 heterocycles. The van der Waals surface area contributed by atoms with E-state index in [0.717, 1.165) is 19.3 Å². The summed E-state index contributed by atoms with van der Waals surface area (Å²) in [6.45, 7) is 0. The molecule has 3 rings (SSSR count). The van der Waals surface area contributed by atoms with Gasteiger partial charge in [-0.05, 0) is 48.6 Å². The van der Waals surface area contributed by atoms with E-state index in [2.05, 4.69) is 30.7 Å². The Balaban J connectivity index is 1.84. The van der Waals surface area contributed by atoms with Crippen LogP contribution in [0.5, 0.6) is 0 Å². The maximum Gasteiger partial charge on any atom is 0.133 e. The molecular formula is C15H17O. The zero-order valence-corrected chi connectivity index (χ0v) is 9.49. The predicted molar refractivity (Wildman–Crippen MR) is 64.2 cm³/mol. The summed E-state index contributed by atoms with van der Waals surface area (Å²) in [5.74, 6) is 1.57. The second kappa shape index (κ2) is 4.04. The molecule has 0 N–H and O–H groups in total. The van der Waals surface area contributed by atoms with Crippen LogP contribution in [0, 0.1) is 12.3 Å². The number of fused-ring (bicyclic) bond motifs is 1. The maximum atomic E-state index is 11.5. The summed E-state index contributed by atoms with van der Waals surface area (Å²) in [4.78, 5) is 11.5. The van der Waals surface area contributed by atoms with Crippen molar-refractivity contribution in [2.24, 2.45) is 5.92 Å². The highest BCUT2D eigenvalue weighted by Crippen LogP contribution is 2.42. The molecule has 0 saturated heterocycles. The van der Waals surface area contributed by atoms with Crippen molar-refractivity contribution in [2.45, 2.75) is 38.0 Å². The van der Waals surface area contributed by atoms with Crippen LogP contribution in [0.1, 0.15) is 42.7 Å². The van der Waals surface area contributed by atoms with Crippen molar-refractivity contribution in [3.05, 3.63) is 41.8 Å². The van der Waals surface area contributed by atoms with E-state index in [1.54, 1.807) is 0 Å². The minimum atomic E-state index is 0.455. The van der Waals surface area contributed by atoms with Gasteiger partial charge in [0.05, 0.1) is 0 Å². The van der Waals surface area contributed by atoms with Crippen LogP contribution in [0.3, 0.4) is 0 Å². The van der Waals surface area contributed by atoms with Crippen LogP contribution in [0.25, 0.3) is 0 Å². The van der Waals surface area contributed by atoms with Gasteiger partial charge in [-0.3, -0.25) is 4.79 Å². The number of hydrogen-bond acceptors (Lipinski definition) is 1. The molecule has 2 aliphatic rings. The van der Waals surface area contributed by atoms with Crippen LogP contribution in [-0.4, -0.2) is 5.78 Å². The van der Waals surface area contributed by atoms with E-state index in [0.29, 0.717) is 17.6 Å². The van der Waals surface area contributed by atoms with Gasteiger partial charge in [-0.2, -0.15) is 0 Å². The minimum Gasteiger partial charge on any atom is -0.300 e. The quantitative estimate of drug-likeness (QED) is 0.699. The molecule has 0 bridgehead atoms. The summed E-state index contributed by atoms with van der Waals surface area (Å²) < 4.78 is 0. The van der Waals surface area contributed by atoms with Crippen LogP contribution >= 0.6 is 0 Å². The molecule has 1 fully saturated rings. The van der Waals surface area contributed by atoms with Crippen molar-refractivity contribution in [3.63, 3.8) is 0 Å².